The smallest absolute Gasteiger partial charge is 0.240 e. The molecule has 0 radical (unpaired) electrons. The maximum atomic E-state index is 12.2. The lowest BCUT2D eigenvalue weighted by Gasteiger charge is -2.32. The molecule has 0 saturated carbocycles. The van der Waals surface area contributed by atoms with Gasteiger partial charge in [0.2, 0.25) is 5.91 Å². The van der Waals surface area contributed by atoms with Gasteiger partial charge in [-0.05, 0) is 52.3 Å². The highest BCUT2D eigenvalue weighted by Crippen LogP contribution is 2.17. The number of nitrogens with one attached hydrogen (secondary N) is 2. The van der Waals surface area contributed by atoms with Crippen LogP contribution in [0.15, 0.2) is 23.3 Å². The molecule has 29 heavy (non-hydrogen) atoms. The summed E-state index contributed by atoms with van der Waals surface area (Å²) in [4.78, 5) is 25.6. The van der Waals surface area contributed by atoms with Crippen molar-refractivity contribution in [3.63, 3.8) is 0 Å². The van der Waals surface area contributed by atoms with Crippen LogP contribution >= 0.6 is 0 Å². The molecule has 1 unspecified atom stereocenters. The average Bonchev–Trinajstić information content (AvgIpc) is 2.63. The molecule has 0 bridgehead atoms. The number of aliphatic imine (C=N–C) groups is 1. The van der Waals surface area contributed by atoms with Crippen molar-refractivity contribution in [3.05, 3.63) is 23.9 Å². The van der Waals surface area contributed by atoms with E-state index in [1.807, 2.05) is 51.9 Å². The lowest BCUT2D eigenvalue weighted by atomic mass is 10.1. The number of likely N-dealkylation sites (N-methyl/N-ethyl adjacent to an activating group) is 1. The molecular weight excluding hydrogens is 368 g/mol. The van der Waals surface area contributed by atoms with Gasteiger partial charge in [-0.25, -0.2) is 9.98 Å². The van der Waals surface area contributed by atoms with E-state index in [4.69, 9.17) is 9.73 Å². The van der Waals surface area contributed by atoms with Crippen molar-refractivity contribution in [2.24, 2.45) is 4.99 Å². The first-order valence-corrected chi connectivity index (χ1v) is 10.3. The van der Waals surface area contributed by atoms with E-state index in [1.165, 1.54) is 0 Å². The monoisotopic (exact) mass is 404 g/mol. The molecule has 1 atom stereocenters. The number of aromatic nitrogens is 1. The molecule has 2 N–H and O–H groups in total. The van der Waals surface area contributed by atoms with Crippen LogP contribution in [0.5, 0.6) is 0 Å². The Morgan fingerprint density at radius 2 is 2.21 bits per heavy atom. The summed E-state index contributed by atoms with van der Waals surface area (Å²) in [6.45, 7) is 13.9. The fourth-order valence-electron chi connectivity index (χ4n) is 3.14. The molecule has 8 nitrogen and oxygen atoms in total. The Kier molecular flexibility index (Phi) is 8.25. The fraction of sp³-hybridized carbons (Fsp3) is 0.667. The number of pyridine rings is 1. The molecule has 1 aliphatic heterocycles. The van der Waals surface area contributed by atoms with Gasteiger partial charge in [0.1, 0.15) is 5.82 Å². The minimum absolute atomic E-state index is 0.0294. The number of hydrogen-bond acceptors (Lipinski definition) is 5. The van der Waals surface area contributed by atoms with Gasteiger partial charge in [-0.15, -0.1) is 0 Å². The summed E-state index contributed by atoms with van der Waals surface area (Å²) >= 11 is 0. The molecule has 1 saturated heterocycles. The number of carbonyl (C=O) groups is 1. The summed E-state index contributed by atoms with van der Waals surface area (Å²) < 4.78 is 5.62. The molecule has 1 aromatic heterocycles. The third kappa shape index (κ3) is 7.89. The van der Waals surface area contributed by atoms with E-state index >= 15 is 0 Å². The molecule has 0 spiro atoms. The minimum Gasteiger partial charge on any atom is -0.375 e. The quantitative estimate of drug-likeness (QED) is 0.554. The summed E-state index contributed by atoms with van der Waals surface area (Å²) in [5, 5.41) is 6.24. The predicted octanol–water partition coefficient (Wildman–Crippen LogP) is 1.62. The van der Waals surface area contributed by atoms with Gasteiger partial charge >= 0.3 is 0 Å². The third-order valence-electron chi connectivity index (χ3n) is 4.38. The molecule has 1 aromatic rings. The summed E-state index contributed by atoms with van der Waals surface area (Å²) in [7, 11) is 1.87. The summed E-state index contributed by atoms with van der Waals surface area (Å²) in [5.41, 5.74) is 0.829. The van der Waals surface area contributed by atoms with Crippen molar-refractivity contribution in [2.75, 3.05) is 44.7 Å². The van der Waals surface area contributed by atoms with Gasteiger partial charge in [0.15, 0.2) is 5.96 Å². The highest BCUT2D eigenvalue weighted by atomic mass is 16.5. The molecule has 2 heterocycles. The zero-order chi connectivity index (χ0) is 21.4. The molecule has 1 aliphatic rings. The predicted molar refractivity (Wildman–Crippen MR) is 117 cm³/mol. The SMILES string of the molecule is CCNC(=NCc1ccnc(N2CCOC(C)C2)c1)N(C)CC(=O)NC(C)(C)C. The zero-order valence-corrected chi connectivity index (χ0v) is 18.7. The highest BCUT2D eigenvalue weighted by Gasteiger charge is 2.19. The number of carbonyl (C=O) groups excluding carboxylic acids is 1. The second-order valence-corrected chi connectivity index (χ2v) is 8.47. The fourth-order valence-corrected chi connectivity index (χ4v) is 3.14. The van der Waals surface area contributed by atoms with Crippen molar-refractivity contribution in [3.8, 4) is 0 Å². The third-order valence-corrected chi connectivity index (χ3v) is 4.38. The number of morpholine rings is 1. The van der Waals surface area contributed by atoms with Crippen LogP contribution in [0.25, 0.3) is 0 Å². The molecule has 1 amide bonds. The van der Waals surface area contributed by atoms with Crippen LogP contribution in [0, 0.1) is 0 Å². The second kappa shape index (κ2) is 10.4. The molecule has 1 fully saturated rings. The number of nitrogens with zero attached hydrogens (tertiary/aromatic N) is 4. The maximum absolute atomic E-state index is 12.2. The van der Waals surface area contributed by atoms with E-state index in [0.717, 1.165) is 37.6 Å². The standard InChI is InChI=1S/C21H36N6O2/c1-7-22-20(26(6)15-19(28)25-21(3,4)5)24-13-17-8-9-23-18(12-17)27-10-11-29-16(2)14-27/h8-9,12,16H,7,10-11,13-15H2,1-6H3,(H,22,24)(H,25,28). The first kappa shape index (κ1) is 22.9. The first-order chi connectivity index (χ1) is 13.7. The average molecular weight is 405 g/mol. The molecule has 8 heteroatoms. The Hall–Kier alpha value is -2.35. The van der Waals surface area contributed by atoms with Gasteiger partial charge < -0.3 is 25.2 Å². The van der Waals surface area contributed by atoms with Gasteiger partial charge in [0.25, 0.3) is 0 Å². The van der Waals surface area contributed by atoms with Crippen molar-refractivity contribution in [2.45, 2.75) is 52.8 Å². The number of ether oxygens (including phenoxy) is 1. The van der Waals surface area contributed by atoms with Crippen LogP contribution in [-0.2, 0) is 16.1 Å². The Bertz CT molecular complexity index is 701. The minimum atomic E-state index is -0.252. The zero-order valence-electron chi connectivity index (χ0n) is 18.7. The van der Waals surface area contributed by atoms with Crippen molar-refractivity contribution < 1.29 is 9.53 Å². The number of amides is 1. The molecular formula is C21H36N6O2. The van der Waals surface area contributed by atoms with E-state index in [1.54, 1.807) is 0 Å². The highest BCUT2D eigenvalue weighted by molar-refractivity contribution is 5.86. The van der Waals surface area contributed by atoms with Crippen molar-refractivity contribution >= 4 is 17.7 Å². The largest absolute Gasteiger partial charge is 0.375 e. The number of hydrogen-bond donors (Lipinski definition) is 2. The normalized spacial score (nSPS) is 17.8. The topological polar surface area (TPSA) is 82.1 Å². The Balaban J connectivity index is 2.03. The van der Waals surface area contributed by atoms with E-state index in [-0.39, 0.29) is 24.1 Å². The number of guanidine groups is 1. The lowest BCUT2D eigenvalue weighted by Crippen LogP contribution is -2.48. The van der Waals surface area contributed by atoms with Crippen LogP contribution in [-0.4, -0.2) is 73.2 Å². The van der Waals surface area contributed by atoms with Crippen LogP contribution in [0.3, 0.4) is 0 Å². The van der Waals surface area contributed by atoms with E-state index in [0.29, 0.717) is 12.5 Å². The Labute approximate surface area is 174 Å². The maximum Gasteiger partial charge on any atom is 0.240 e. The van der Waals surface area contributed by atoms with Crippen molar-refractivity contribution in [1.29, 1.82) is 0 Å². The van der Waals surface area contributed by atoms with Crippen LogP contribution in [0.4, 0.5) is 5.82 Å². The van der Waals surface area contributed by atoms with Gasteiger partial charge in [-0.3, -0.25) is 4.79 Å². The van der Waals surface area contributed by atoms with Crippen molar-refractivity contribution in [1.82, 2.24) is 20.5 Å². The van der Waals surface area contributed by atoms with Gasteiger partial charge in [-0.2, -0.15) is 0 Å². The molecule has 2 rings (SSSR count). The molecule has 162 valence electrons. The van der Waals surface area contributed by atoms with Crippen LogP contribution in [0.1, 0.15) is 40.2 Å². The number of anilines is 1. The second-order valence-electron chi connectivity index (χ2n) is 8.47. The Morgan fingerprint density at radius 1 is 1.45 bits per heavy atom. The lowest BCUT2D eigenvalue weighted by molar-refractivity contribution is -0.122. The molecule has 0 aromatic carbocycles. The van der Waals surface area contributed by atoms with E-state index in [9.17, 15) is 4.79 Å². The van der Waals surface area contributed by atoms with Crippen LogP contribution < -0.4 is 15.5 Å². The van der Waals surface area contributed by atoms with E-state index < -0.39 is 0 Å². The summed E-state index contributed by atoms with van der Waals surface area (Å²) in [5.74, 6) is 1.63. The molecule has 0 aliphatic carbocycles. The van der Waals surface area contributed by atoms with Gasteiger partial charge in [0.05, 0.1) is 25.8 Å². The Morgan fingerprint density at radius 3 is 2.86 bits per heavy atom. The van der Waals surface area contributed by atoms with Gasteiger partial charge in [-0.1, -0.05) is 0 Å². The summed E-state index contributed by atoms with van der Waals surface area (Å²) in [6, 6.07) is 4.06. The van der Waals surface area contributed by atoms with E-state index in [2.05, 4.69) is 33.5 Å². The first-order valence-electron chi connectivity index (χ1n) is 10.3. The van der Waals surface area contributed by atoms with Crippen LogP contribution in [0.2, 0.25) is 0 Å². The number of rotatable bonds is 6. The van der Waals surface area contributed by atoms with Gasteiger partial charge in [0, 0.05) is 38.4 Å². The summed E-state index contributed by atoms with van der Waals surface area (Å²) in [6.07, 6.45) is 2.04.